The Bertz CT molecular complexity index is 717. The lowest BCUT2D eigenvalue weighted by molar-refractivity contribution is 0.102. The minimum Gasteiger partial charge on any atom is -0.389 e. The highest BCUT2D eigenvalue weighted by molar-refractivity contribution is 7.80. The summed E-state index contributed by atoms with van der Waals surface area (Å²) in [6.45, 7) is 0. The SMILES string of the molecule is NC(=S)c1cc(NC(=O)c2c(F)cccc2Cl)ccc1F. The van der Waals surface area contributed by atoms with Crippen LogP contribution in [0.5, 0.6) is 0 Å². The van der Waals surface area contributed by atoms with E-state index in [1.54, 1.807) is 0 Å². The summed E-state index contributed by atoms with van der Waals surface area (Å²) in [5.74, 6) is -2.11. The second-order valence-electron chi connectivity index (χ2n) is 4.11. The second-order valence-corrected chi connectivity index (χ2v) is 4.96. The molecule has 0 aromatic heterocycles. The molecule has 0 fully saturated rings. The van der Waals surface area contributed by atoms with Crippen LogP contribution in [0.3, 0.4) is 0 Å². The molecule has 0 aliphatic heterocycles. The molecule has 0 bridgehead atoms. The van der Waals surface area contributed by atoms with Gasteiger partial charge in [-0.1, -0.05) is 29.9 Å². The normalized spacial score (nSPS) is 10.2. The molecule has 108 valence electrons. The van der Waals surface area contributed by atoms with Crippen molar-refractivity contribution in [2.75, 3.05) is 5.32 Å². The number of benzene rings is 2. The Balaban J connectivity index is 2.32. The van der Waals surface area contributed by atoms with Crippen LogP contribution in [0.4, 0.5) is 14.5 Å². The van der Waals surface area contributed by atoms with Crippen LogP contribution in [0.15, 0.2) is 36.4 Å². The molecule has 0 aliphatic carbocycles. The molecule has 21 heavy (non-hydrogen) atoms. The Hall–Kier alpha value is -2.05. The first-order valence-electron chi connectivity index (χ1n) is 5.75. The first-order valence-corrected chi connectivity index (χ1v) is 6.53. The van der Waals surface area contributed by atoms with Crippen LogP contribution in [-0.2, 0) is 0 Å². The molecule has 2 aromatic rings. The van der Waals surface area contributed by atoms with Crippen LogP contribution in [-0.4, -0.2) is 10.9 Å². The Morgan fingerprint density at radius 1 is 1.19 bits per heavy atom. The molecular weight excluding hydrogens is 318 g/mol. The molecule has 7 heteroatoms. The number of thiocarbonyl (C=S) groups is 1. The van der Waals surface area contributed by atoms with Crippen molar-refractivity contribution in [3.05, 3.63) is 64.2 Å². The second kappa shape index (κ2) is 6.15. The lowest BCUT2D eigenvalue weighted by atomic mass is 10.1. The quantitative estimate of drug-likeness (QED) is 0.849. The summed E-state index contributed by atoms with van der Waals surface area (Å²) in [6, 6.07) is 7.58. The predicted octanol–water partition coefficient (Wildman–Crippen LogP) is 3.50. The summed E-state index contributed by atoms with van der Waals surface area (Å²) in [5, 5.41) is 2.39. The molecule has 0 aliphatic rings. The van der Waals surface area contributed by atoms with Crippen LogP contribution >= 0.6 is 23.8 Å². The van der Waals surface area contributed by atoms with Crippen molar-refractivity contribution in [1.82, 2.24) is 0 Å². The Labute approximate surface area is 129 Å². The summed E-state index contributed by atoms with van der Waals surface area (Å²) in [5.41, 5.74) is 5.29. The number of hydrogen-bond donors (Lipinski definition) is 2. The number of halogens is 3. The number of carbonyl (C=O) groups excluding carboxylic acids is 1. The van der Waals surface area contributed by atoms with Gasteiger partial charge in [0.15, 0.2) is 0 Å². The van der Waals surface area contributed by atoms with Crippen molar-refractivity contribution in [3.8, 4) is 0 Å². The molecule has 1 amide bonds. The molecule has 3 N–H and O–H groups in total. The van der Waals surface area contributed by atoms with Gasteiger partial charge in [-0.05, 0) is 30.3 Å². The van der Waals surface area contributed by atoms with E-state index in [0.29, 0.717) is 0 Å². The maximum atomic E-state index is 13.6. The van der Waals surface area contributed by atoms with Gasteiger partial charge in [-0.3, -0.25) is 4.79 Å². The van der Waals surface area contributed by atoms with Crippen LogP contribution in [0.1, 0.15) is 15.9 Å². The van der Waals surface area contributed by atoms with Gasteiger partial charge in [-0.25, -0.2) is 8.78 Å². The highest BCUT2D eigenvalue weighted by Crippen LogP contribution is 2.21. The summed E-state index contributed by atoms with van der Waals surface area (Å²) in [7, 11) is 0. The number of carbonyl (C=O) groups is 1. The number of amides is 1. The van der Waals surface area contributed by atoms with Crippen LogP contribution in [0.25, 0.3) is 0 Å². The maximum Gasteiger partial charge on any atom is 0.260 e. The fourth-order valence-electron chi connectivity index (χ4n) is 1.70. The zero-order chi connectivity index (χ0) is 15.6. The van der Waals surface area contributed by atoms with E-state index in [9.17, 15) is 13.6 Å². The summed E-state index contributed by atoms with van der Waals surface area (Å²) < 4.78 is 27.1. The molecule has 0 saturated heterocycles. The maximum absolute atomic E-state index is 13.6. The molecule has 2 aromatic carbocycles. The van der Waals surface area contributed by atoms with Gasteiger partial charge in [0, 0.05) is 11.3 Å². The minimum absolute atomic E-state index is 0.0116. The van der Waals surface area contributed by atoms with E-state index in [2.05, 4.69) is 5.32 Å². The average molecular weight is 327 g/mol. The number of nitrogens with one attached hydrogen (secondary N) is 1. The third-order valence-electron chi connectivity index (χ3n) is 2.68. The highest BCUT2D eigenvalue weighted by Gasteiger charge is 2.16. The first kappa shape index (κ1) is 15.3. The standard InChI is InChI=1S/C14H9ClF2N2OS/c15-9-2-1-3-11(17)12(9)14(20)19-7-4-5-10(16)8(6-7)13(18)21/h1-6H,(H2,18,21)(H,19,20). The van der Waals surface area contributed by atoms with Gasteiger partial charge < -0.3 is 11.1 Å². The van der Waals surface area contributed by atoms with E-state index < -0.39 is 17.5 Å². The number of hydrogen-bond acceptors (Lipinski definition) is 2. The lowest BCUT2D eigenvalue weighted by Crippen LogP contribution is -2.16. The topological polar surface area (TPSA) is 55.1 Å². The molecule has 0 saturated carbocycles. The third-order valence-corrected chi connectivity index (χ3v) is 3.21. The fraction of sp³-hybridized carbons (Fsp3) is 0. The van der Waals surface area contributed by atoms with Crippen molar-refractivity contribution in [1.29, 1.82) is 0 Å². The van der Waals surface area contributed by atoms with E-state index in [1.807, 2.05) is 0 Å². The molecule has 0 radical (unpaired) electrons. The van der Waals surface area contributed by atoms with Crippen molar-refractivity contribution >= 4 is 40.4 Å². The molecule has 0 heterocycles. The van der Waals surface area contributed by atoms with Gasteiger partial charge >= 0.3 is 0 Å². The Morgan fingerprint density at radius 2 is 1.90 bits per heavy atom. The van der Waals surface area contributed by atoms with Gasteiger partial charge in [0.25, 0.3) is 5.91 Å². The molecule has 0 spiro atoms. The molecular formula is C14H9ClF2N2OS. The monoisotopic (exact) mass is 326 g/mol. The summed E-state index contributed by atoms with van der Waals surface area (Å²) >= 11 is 10.5. The smallest absolute Gasteiger partial charge is 0.260 e. The largest absolute Gasteiger partial charge is 0.389 e. The zero-order valence-electron chi connectivity index (χ0n) is 10.5. The Kier molecular flexibility index (Phi) is 4.50. The summed E-state index contributed by atoms with van der Waals surface area (Å²) in [6.07, 6.45) is 0. The first-order chi connectivity index (χ1) is 9.90. The van der Waals surface area contributed by atoms with Gasteiger partial charge in [-0.2, -0.15) is 0 Å². The van der Waals surface area contributed by atoms with Gasteiger partial charge in [-0.15, -0.1) is 0 Å². The fourth-order valence-corrected chi connectivity index (χ4v) is 2.11. The van der Waals surface area contributed by atoms with Gasteiger partial charge in [0.2, 0.25) is 0 Å². The van der Waals surface area contributed by atoms with E-state index >= 15 is 0 Å². The Morgan fingerprint density at radius 3 is 2.52 bits per heavy atom. The van der Waals surface area contributed by atoms with Crippen molar-refractivity contribution < 1.29 is 13.6 Å². The van der Waals surface area contributed by atoms with Crippen LogP contribution < -0.4 is 11.1 Å². The zero-order valence-corrected chi connectivity index (χ0v) is 12.1. The van der Waals surface area contributed by atoms with E-state index in [-0.39, 0.29) is 26.8 Å². The highest BCUT2D eigenvalue weighted by atomic mass is 35.5. The van der Waals surface area contributed by atoms with Gasteiger partial charge in [0.1, 0.15) is 16.6 Å². The lowest BCUT2D eigenvalue weighted by Gasteiger charge is -2.09. The number of nitrogens with two attached hydrogens (primary N) is 1. The van der Waals surface area contributed by atoms with Crippen LogP contribution in [0, 0.1) is 11.6 Å². The molecule has 0 atom stereocenters. The predicted molar refractivity (Wildman–Crippen MR) is 81.7 cm³/mol. The van der Waals surface area contributed by atoms with Crippen molar-refractivity contribution in [2.24, 2.45) is 5.73 Å². The molecule has 2 rings (SSSR count). The number of anilines is 1. The van der Waals surface area contributed by atoms with E-state index in [1.165, 1.54) is 24.3 Å². The van der Waals surface area contributed by atoms with E-state index in [0.717, 1.165) is 12.1 Å². The van der Waals surface area contributed by atoms with Crippen LogP contribution in [0.2, 0.25) is 5.02 Å². The van der Waals surface area contributed by atoms with Crippen molar-refractivity contribution in [3.63, 3.8) is 0 Å². The minimum atomic E-state index is -0.753. The van der Waals surface area contributed by atoms with Gasteiger partial charge in [0.05, 0.1) is 10.6 Å². The third kappa shape index (κ3) is 3.34. The van der Waals surface area contributed by atoms with Crippen molar-refractivity contribution in [2.45, 2.75) is 0 Å². The molecule has 0 unspecified atom stereocenters. The summed E-state index contributed by atoms with van der Waals surface area (Å²) in [4.78, 5) is 11.9. The van der Waals surface area contributed by atoms with E-state index in [4.69, 9.17) is 29.6 Å². The number of rotatable bonds is 3. The molecule has 3 nitrogen and oxygen atoms in total. The average Bonchev–Trinajstić information content (AvgIpc) is 2.40.